The molecule has 0 unspecified atom stereocenters. The maximum Gasteiger partial charge on any atom is 0.256 e. The molecule has 0 saturated carbocycles. The van der Waals surface area contributed by atoms with Crippen LogP contribution in [0.15, 0.2) is 48.9 Å². The second kappa shape index (κ2) is 7.21. The minimum absolute atomic E-state index is 0.0552. The van der Waals surface area contributed by atoms with Crippen molar-refractivity contribution in [3.63, 3.8) is 0 Å². The molecule has 1 aromatic carbocycles. The van der Waals surface area contributed by atoms with Crippen LogP contribution in [0.1, 0.15) is 28.0 Å². The zero-order valence-corrected chi connectivity index (χ0v) is 17.1. The van der Waals surface area contributed by atoms with Crippen LogP contribution in [-0.2, 0) is 5.54 Å². The Labute approximate surface area is 174 Å². The first-order valence-corrected chi connectivity index (χ1v) is 10.1. The molecule has 4 heterocycles. The van der Waals surface area contributed by atoms with Crippen LogP contribution in [0.5, 0.6) is 5.75 Å². The molecule has 8 nitrogen and oxygen atoms in total. The average Bonchev–Trinajstić information content (AvgIpc) is 3.28. The van der Waals surface area contributed by atoms with Crippen molar-refractivity contribution in [1.29, 1.82) is 0 Å². The van der Waals surface area contributed by atoms with E-state index in [9.17, 15) is 4.79 Å². The number of rotatable bonds is 4. The molecule has 2 aliphatic heterocycles. The van der Waals surface area contributed by atoms with Gasteiger partial charge < -0.3 is 15.0 Å². The van der Waals surface area contributed by atoms with Crippen molar-refractivity contribution in [1.82, 2.24) is 30.2 Å². The number of ether oxygens (including phenoxy) is 1. The number of amides is 1. The Hall–Kier alpha value is -3.26. The summed E-state index contributed by atoms with van der Waals surface area (Å²) in [5, 5.41) is 12.0. The first-order chi connectivity index (χ1) is 14.6. The fourth-order valence-electron chi connectivity index (χ4n) is 4.55. The van der Waals surface area contributed by atoms with Crippen molar-refractivity contribution in [2.45, 2.75) is 18.9 Å². The molecule has 1 N–H and O–H groups in total. The number of piperidine rings is 1. The van der Waals surface area contributed by atoms with Crippen molar-refractivity contribution >= 4 is 5.91 Å². The molecule has 2 fully saturated rings. The third-order valence-electron chi connectivity index (χ3n) is 6.28. The molecular weight excluding hydrogens is 380 g/mol. The summed E-state index contributed by atoms with van der Waals surface area (Å²) in [6, 6.07) is 9.52. The van der Waals surface area contributed by atoms with Gasteiger partial charge in [0.25, 0.3) is 5.91 Å². The second-order valence-electron chi connectivity index (χ2n) is 7.98. The van der Waals surface area contributed by atoms with E-state index in [1.54, 1.807) is 25.6 Å². The topological polar surface area (TPSA) is 85.2 Å². The molecule has 2 aromatic heterocycles. The summed E-state index contributed by atoms with van der Waals surface area (Å²) in [6.07, 6.45) is 5.98. The number of benzene rings is 1. The Bertz CT molecular complexity index is 1080. The predicted octanol–water partition coefficient (Wildman–Crippen LogP) is 1.94. The summed E-state index contributed by atoms with van der Waals surface area (Å²) in [4.78, 5) is 21.7. The van der Waals surface area contributed by atoms with Crippen molar-refractivity contribution in [2.75, 3.05) is 26.7 Å². The number of hydrogen-bond donors (Lipinski definition) is 1. The molecule has 154 valence electrons. The minimum Gasteiger partial charge on any atom is -0.497 e. The lowest BCUT2D eigenvalue weighted by Crippen LogP contribution is -2.71. The Morgan fingerprint density at radius 1 is 1.20 bits per heavy atom. The lowest BCUT2D eigenvalue weighted by molar-refractivity contribution is -0.00210. The van der Waals surface area contributed by atoms with E-state index in [2.05, 4.69) is 33.5 Å². The molecule has 2 saturated heterocycles. The number of methoxy groups -OCH3 is 1. The highest BCUT2D eigenvalue weighted by Gasteiger charge is 2.53. The number of carbonyl (C=O) groups is 1. The van der Waals surface area contributed by atoms with Crippen LogP contribution in [0.3, 0.4) is 0 Å². The van der Waals surface area contributed by atoms with Crippen LogP contribution in [0.25, 0.3) is 5.69 Å². The summed E-state index contributed by atoms with van der Waals surface area (Å²) in [5.74, 6) is 1.05. The van der Waals surface area contributed by atoms with Crippen molar-refractivity contribution < 1.29 is 9.53 Å². The molecule has 2 atom stereocenters. The van der Waals surface area contributed by atoms with Gasteiger partial charge in [-0.05, 0) is 55.2 Å². The summed E-state index contributed by atoms with van der Waals surface area (Å²) < 4.78 is 5.37. The molecule has 2 aliphatic rings. The fourth-order valence-corrected chi connectivity index (χ4v) is 4.55. The Balaban J connectivity index is 1.50. The summed E-state index contributed by atoms with van der Waals surface area (Å²) in [5.41, 5.74) is 3.05. The monoisotopic (exact) mass is 404 g/mol. The van der Waals surface area contributed by atoms with Crippen LogP contribution in [0, 0.1) is 12.8 Å². The number of pyridine rings is 1. The van der Waals surface area contributed by atoms with Gasteiger partial charge in [0.1, 0.15) is 5.75 Å². The lowest BCUT2D eigenvalue weighted by atomic mass is 9.69. The number of fused-ring (bicyclic) bond motifs is 1. The molecule has 0 radical (unpaired) electrons. The van der Waals surface area contributed by atoms with E-state index in [0.717, 1.165) is 18.7 Å². The number of nitrogens with one attached hydrogen (secondary N) is 1. The van der Waals surface area contributed by atoms with Crippen molar-refractivity contribution in [3.8, 4) is 11.4 Å². The molecule has 0 aliphatic carbocycles. The maximum atomic E-state index is 13.7. The summed E-state index contributed by atoms with van der Waals surface area (Å²) in [6.45, 7) is 4.32. The highest BCUT2D eigenvalue weighted by Crippen LogP contribution is 2.42. The zero-order valence-electron chi connectivity index (χ0n) is 17.1. The molecule has 30 heavy (non-hydrogen) atoms. The van der Waals surface area contributed by atoms with Gasteiger partial charge >= 0.3 is 0 Å². The van der Waals surface area contributed by atoms with Gasteiger partial charge in [0.15, 0.2) is 0 Å². The SMILES string of the molecule is COc1ccc(-n2nccn2)c(C(=O)N2CC[C@H]3CN[C@@]3(c3cc(C)ccn3)C2)c1. The Morgan fingerprint density at radius 2 is 2.03 bits per heavy atom. The largest absolute Gasteiger partial charge is 0.497 e. The smallest absolute Gasteiger partial charge is 0.256 e. The summed E-state index contributed by atoms with van der Waals surface area (Å²) >= 11 is 0. The van der Waals surface area contributed by atoms with Gasteiger partial charge in [0.2, 0.25) is 0 Å². The van der Waals surface area contributed by atoms with Gasteiger partial charge in [-0.15, -0.1) is 0 Å². The Kier molecular flexibility index (Phi) is 4.51. The lowest BCUT2D eigenvalue weighted by Gasteiger charge is -2.56. The van der Waals surface area contributed by atoms with Crippen LogP contribution < -0.4 is 10.1 Å². The standard InChI is InChI=1S/C22H24N6O2/c1-15-5-7-23-20(11-15)22-14-27(10-6-16(22)13-24-22)21(29)18-12-17(30-2)3-4-19(18)28-25-8-9-26-28/h3-5,7-9,11-12,16,24H,6,10,13-14H2,1-2H3/t16-,22-/m0/s1. The zero-order chi connectivity index (χ0) is 20.7. The third-order valence-corrected chi connectivity index (χ3v) is 6.28. The van der Waals surface area contributed by atoms with E-state index in [1.807, 2.05) is 29.3 Å². The minimum atomic E-state index is -0.289. The molecule has 0 bridgehead atoms. The molecule has 5 rings (SSSR count). The van der Waals surface area contributed by atoms with Gasteiger partial charge in [-0.2, -0.15) is 15.0 Å². The molecular formula is C22H24N6O2. The van der Waals surface area contributed by atoms with E-state index in [0.29, 0.717) is 36.0 Å². The normalized spacial score (nSPS) is 22.9. The van der Waals surface area contributed by atoms with Gasteiger partial charge in [0.05, 0.1) is 42.0 Å². The highest BCUT2D eigenvalue weighted by molar-refractivity contribution is 5.98. The molecule has 1 amide bonds. The number of aromatic nitrogens is 4. The first-order valence-electron chi connectivity index (χ1n) is 10.1. The van der Waals surface area contributed by atoms with Crippen LogP contribution in [0.2, 0.25) is 0 Å². The highest BCUT2D eigenvalue weighted by atomic mass is 16.5. The number of carbonyl (C=O) groups excluding carboxylic acids is 1. The number of hydrogen-bond acceptors (Lipinski definition) is 6. The third kappa shape index (κ3) is 2.95. The number of nitrogens with zero attached hydrogens (tertiary/aromatic N) is 5. The van der Waals surface area contributed by atoms with E-state index in [-0.39, 0.29) is 11.4 Å². The van der Waals surface area contributed by atoms with E-state index < -0.39 is 0 Å². The number of likely N-dealkylation sites (tertiary alicyclic amines) is 1. The maximum absolute atomic E-state index is 13.7. The van der Waals surface area contributed by atoms with E-state index in [4.69, 9.17) is 4.74 Å². The first kappa shape index (κ1) is 18.7. The fraction of sp³-hybridized carbons (Fsp3) is 0.364. The Morgan fingerprint density at radius 3 is 2.73 bits per heavy atom. The van der Waals surface area contributed by atoms with E-state index >= 15 is 0 Å². The van der Waals surface area contributed by atoms with Crippen LogP contribution in [-0.4, -0.2) is 57.5 Å². The molecule has 0 spiro atoms. The average molecular weight is 404 g/mol. The predicted molar refractivity (Wildman–Crippen MR) is 111 cm³/mol. The van der Waals surface area contributed by atoms with Crippen molar-refractivity contribution in [2.24, 2.45) is 5.92 Å². The summed E-state index contributed by atoms with van der Waals surface area (Å²) in [7, 11) is 1.59. The van der Waals surface area contributed by atoms with Gasteiger partial charge in [0, 0.05) is 25.8 Å². The van der Waals surface area contributed by atoms with Crippen LogP contribution >= 0.6 is 0 Å². The van der Waals surface area contributed by atoms with E-state index in [1.165, 1.54) is 10.4 Å². The van der Waals surface area contributed by atoms with Gasteiger partial charge in [-0.1, -0.05) is 0 Å². The number of aryl methyl sites for hydroxylation is 1. The quantitative estimate of drug-likeness (QED) is 0.715. The van der Waals surface area contributed by atoms with Gasteiger partial charge in [-0.25, -0.2) is 0 Å². The second-order valence-corrected chi connectivity index (χ2v) is 7.98. The van der Waals surface area contributed by atoms with Crippen LogP contribution in [0.4, 0.5) is 0 Å². The van der Waals surface area contributed by atoms with Gasteiger partial charge in [-0.3, -0.25) is 9.78 Å². The van der Waals surface area contributed by atoms with Crippen molar-refractivity contribution in [3.05, 3.63) is 65.7 Å². The molecule has 3 aromatic rings. The molecule has 8 heteroatoms.